The summed E-state index contributed by atoms with van der Waals surface area (Å²) >= 11 is 8.97. The minimum Gasteiger partial charge on any atom is -0.324 e. The Hall–Kier alpha value is -2.60. The molecule has 1 aliphatic heterocycles. The Balaban J connectivity index is 1.56. The van der Waals surface area contributed by atoms with Crippen LogP contribution in [-0.4, -0.2) is 34.4 Å². The Bertz CT molecular complexity index is 1160. The molecule has 0 spiro atoms. The van der Waals surface area contributed by atoms with Crippen LogP contribution >= 0.6 is 34.7 Å². The molecule has 29 heavy (non-hydrogen) atoms. The lowest BCUT2D eigenvalue weighted by Gasteiger charge is -2.22. The average Bonchev–Trinajstić information content (AvgIpc) is 3.33. The molecule has 2 aromatic carbocycles. The van der Waals surface area contributed by atoms with Crippen LogP contribution in [0.15, 0.2) is 42.5 Å². The standard InChI is InChI=1S/C20H13ClFN3O2S2/c21-17-14-6-3-12(22)7-16(14)29-18(17)20(27)25-10-28-9-15(25)19(26)24-13-4-1-11(8-23)2-5-13/h1-7,15H,9-10H2,(H,24,26). The van der Waals surface area contributed by atoms with Crippen molar-refractivity contribution in [2.45, 2.75) is 6.04 Å². The second-order valence-corrected chi connectivity index (χ2v) is 8.78. The molecule has 1 aliphatic rings. The Morgan fingerprint density at radius 2 is 2.00 bits per heavy atom. The second kappa shape index (κ2) is 8.03. The van der Waals surface area contributed by atoms with E-state index < -0.39 is 11.9 Å². The lowest BCUT2D eigenvalue weighted by atomic mass is 10.2. The zero-order chi connectivity index (χ0) is 20.5. The highest BCUT2D eigenvalue weighted by atomic mass is 35.5. The van der Waals surface area contributed by atoms with Gasteiger partial charge in [0.2, 0.25) is 5.91 Å². The molecule has 0 aliphatic carbocycles. The van der Waals surface area contributed by atoms with E-state index in [2.05, 4.69) is 5.32 Å². The summed E-state index contributed by atoms with van der Waals surface area (Å²) in [5.74, 6) is -0.224. The van der Waals surface area contributed by atoms with E-state index in [9.17, 15) is 14.0 Å². The number of nitrogens with one attached hydrogen (secondary N) is 1. The highest BCUT2D eigenvalue weighted by molar-refractivity contribution is 7.99. The Morgan fingerprint density at radius 1 is 1.24 bits per heavy atom. The van der Waals surface area contributed by atoms with Gasteiger partial charge in [0.15, 0.2) is 0 Å². The van der Waals surface area contributed by atoms with E-state index in [0.29, 0.717) is 37.8 Å². The van der Waals surface area contributed by atoms with E-state index in [4.69, 9.17) is 16.9 Å². The number of halogens is 2. The molecule has 1 atom stereocenters. The summed E-state index contributed by atoms with van der Waals surface area (Å²) in [6, 6.07) is 12.1. The molecule has 2 amide bonds. The Morgan fingerprint density at radius 3 is 2.72 bits per heavy atom. The van der Waals surface area contributed by atoms with Gasteiger partial charge in [-0.05, 0) is 42.5 Å². The maximum atomic E-state index is 13.5. The largest absolute Gasteiger partial charge is 0.324 e. The van der Waals surface area contributed by atoms with Crippen molar-refractivity contribution >= 4 is 62.3 Å². The van der Waals surface area contributed by atoms with E-state index in [-0.39, 0.29) is 16.8 Å². The maximum Gasteiger partial charge on any atom is 0.266 e. The van der Waals surface area contributed by atoms with Crippen molar-refractivity contribution in [3.63, 3.8) is 0 Å². The smallest absolute Gasteiger partial charge is 0.266 e. The van der Waals surface area contributed by atoms with Crippen molar-refractivity contribution in [3.8, 4) is 6.07 Å². The van der Waals surface area contributed by atoms with Gasteiger partial charge in [-0.15, -0.1) is 23.1 Å². The number of fused-ring (bicyclic) bond motifs is 1. The molecule has 1 aromatic heterocycles. The number of nitriles is 1. The highest BCUT2D eigenvalue weighted by Crippen LogP contribution is 2.38. The first-order chi connectivity index (χ1) is 14.0. The minimum atomic E-state index is -0.652. The molecule has 3 aromatic rings. The fraction of sp³-hybridized carbons (Fsp3) is 0.150. The maximum absolute atomic E-state index is 13.5. The van der Waals surface area contributed by atoms with Gasteiger partial charge >= 0.3 is 0 Å². The normalized spacial score (nSPS) is 16.0. The highest BCUT2D eigenvalue weighted by Gasteiger charge is 2.36. The van der Waals surface area contributed by atoms with Crippen molar-refractivity contribution in [1.82, 2.24) is 4.90 Å². The molecule has 1 N–H and O–H groups in total. The molecule has 1 fully saturated rings. The first-order valence-corrected chi connectivity index (χ1v) is 10.9. The van der Waals surface area contributed by atoms with E-state index in [0.717, 1.165) is 11.3 Å². The van der Waals surface area contributed by atoms with Crippen LogP contribution in [0.3, 0.4) is 0 Å². The molecular weight excluding hydrogens is 433 g/mol. The van der Waals surface area contributed by atoms with Gasteiger partial charge in [0.25, 0.3) is 5.91 Å². The van der Waals surface area contributed by atoms with Crippen molar-refractivity contribution in [1.29, 1.82) is 5.26 Å². The third kappa shape index (κ3) is 3.81. The van der Waals surface area contributed by atoms with Crippen molar-refractivity contribution in [2.75, 3.05) is 16.9 Å². The van der Waals surface area contributed by atoms with E-state index >= 15 is 0 Å². The molecule has 0 radical (unpaired) electrons. The van der Waals surface area contributed by atoms with Crippen molar-refractivity contribution in [3.05, 3.63) is 63.7 Å². The van der Waals surface area contributed by atoms with Gasteiger partial charge in [-0.2, -0.15) is 5.26 Å². The number of benzene rings is 2. The molecule has 4 rings (SSSR count). The van der Waals surface area contributed by atoms with Gasteiger partial charge in [0.1, 0.15) is 16.7 Å². The molecule has 1 unspecified atom stereocenters. The number of nitrogens with zero attached hydrogens (tertiary/aromatic N) is 2. The number of anilines is 1. The van der Waals surface area contributed by atoms with Crippen LogP contribution in [0.5, 0.6) is 0 Å². The number of hydrogen-bond acceptors (Lipinski definition) is 5. The Kier molecular flexibility index (Phi) is 5.46. The third-order valence-corrected chi connectivity index (χ3v) is 7.17. The molecule has 9 heteroatoms. The quantitative estimate of drug-likeness (QED) is 0.633. The zero-order valence-electron chi connectivity index (χ0n) is 14.8. The average molecular weight is 446 g/mol. The fourth-order valence-electron chi connectivity index (χ4n) is 3.02. The minimum absolute atomic E-state index is 0.276. The van der Waals surface area contributed by atoms with Crippen molar-refractivity contribution in [2.24, 2.45) is 0 Å². The lowest BCUT2D eigenvalue weighted by molar-refractivity contribution is -0.119. The predicted octanol–water partition coefficient (Wildman–Crippen LogP) is 4.72. The van der Waals surface area contributed by atoms with Crippen LogP contribution in [-0.2, 0) is 4.79 Å². The summed E-state index contributed by atoms with van der Waals surface area (Å²) in [6.45, 7) is 0. The van der Waals surface area contributed by atoms with Gasteiger partial charge in [0.05, 0.1) is 22.5 Å². The van der Waals surface area contributed by atoms with Crippen LogP contribution in [0.25, 0.3) is 10.1 Å². The van der Waals surface area contributed by atoms with Gasteiger partial charge < -0.3 is 10.2 Å². The van der Waals surface area contributed by atoms with E-state index in [1.165, 1.54) is 28.8 Å². The monoisotopic (exact) mass is 445 g/mol. The number of rotatable bonds is 3. The predicted molar refractivity (Wildman–Crippen MR) is 114 cm³/mol. The second-order valence-electron chi connectivity index (χ2n) is 6.35. The zero-order valence-corrected chi connectivity index (χ0v) is 17.2. The number of thioether (sulfide) groups is 1. The molecular formula is C20H13ClFN3O2S2. The van der Waals surface area contributed by atoms with E-state index in [1.54, 1.807) is 30.3 Å². The molecule has 5 nitrogen and oxygen atoms in total. The Labute approximate surface area is 179 Å². The number of amides is 2. The number of thiophene rings is 1. The van der Waals surface area contributed by atoms with Crippen LogP contribution in [0.1, 0.15) is 15.2 Å². The summed E-state index contributed by atoms with van der Waals surface area (Å²) in [7, 11) is 0. The summed E-state index contributed by atoms with van der Waals surface area (Å²) in [5.41, 5.74) is 1.04. The molecule has 146 valence electrons. The number of hydrogen-bond donors (Lipinski definition) is 1. The summed E-state index contributed by atoms with van der Waals surface area (Å²) in [6.07, 6.45) is 0. The third-order valence-electron chi connectivity index (χ3n) is 4.51. The van der Waals surface area contributed by atoms with Crippen LogP contribution < -0.4 is 5.32 Å². The first-order valence-electron chi connectivity index (χ1n) is 8.55. The SMILES string of the molecule is N#Cc1ccc(NC(=O)C2CSCN2C(=O)c2sc3cc(F)ccc3c2Cl)cc1. The first kappa shape index (κ1) is 19.7. The van der Waals surface area contributed by atoms with Crippen LogP contribution in [0.2, 0.25) is 5.02 Å². The van der Waals surface area contributed by atoms with E-state index in [1.807, 2.05) is 6.07 Å². The van der Waals surface area contributed by atoms with Crippen LogP contribution in [0.4, 0.5) is 10.1 Å². The molecule has 1 saturated heterocycles. The lowest BCUT2D eigenvalue weighted by Crippen LogP contribution is -2.44. The number of carbonyl (C=O) groups excluding carboxylic acids is 2. The summed E-state index contributed by atoms with van der Waals surface area (Å²) in [5, 5.41) is 12.5. The topological polar surface area (TPSA) is 73.2 Å². The summed E-state index contributed by atoms with van der Waals surface area (Å²) < 4.78 is 14.1. The number of carbonyl (C=O) groups is 2. The van der Waals surface area contributed by atoms with Crippen molar-refractivity contribution < 1.29 is 14.0 Å². The van der Waals surface area contributed by atoms with Gasteiger partial charge in [-0.25, -0.2) is 4.39 Å². The van der Waals surface area contributed by atoms with Gasteiger partial charge in [0, 0.05) is 21.5 Å². The molecule has 0 saturated carbocycles. The molecule has 2 heterocycles. The van der Waals surface area contributed by atoms with Crippen LogP contribution in [0, 0.1) is 17.1 Å². The summed E-state index contributed by atoms with van der Waals surface area (Å²) in [4.78, 5) is 27.6. The van der Waals surface area contributed by atoms with Gasteiger partial charge in [-0.1, -0.05) is 11.6 Å². The van der Waals surface area contributed by atoms with Gasteiger partial charge in [-0.3, -0.25) is 9.59 Å². The fourth-order valence-corrected chi connectivity index (χ4v) is 5.67. The molecule has 0 bridgehead atoms.